The third-order valence-electron chi connectivity index (χ3n) is 3.20. The van der Waals surface area contributed by atoms with Crippen LogP contribution in [0.1, 0.15) is 11.1 Å². The van der Waals surface area contributed by atoms with Crippen LogP contribution in [-0.2, 0) is 11.0 Å². The molecule has 26 heavy (non-hydrogen) atoms. The number of alkyl halides is 6. The van der Waals surface area contributed by atoms with Crippen molar-refractivity contribution < 1.29 is 31.1 Å². The van der Waals surface area contributed by atoms with Gasteiger partial charge in [0.2, 0.25) is 0 Å². The van der Waals surface area contributed by atoms with E-state index >= 15 is 0 Å². The van der Waals surface area contributed by atoms with Crippen LogP contribution in [0, 0.1) is 0 Å². The van der Waals surface area contributed by atoms with E-state index in [-0.39, 0.29) is 11.3 Å². The summed E-state index contributed by atoms with van der Waals surface area (Å²) in [5, 5.41) is 2.62. The number of anilines is 1. The van der Waals surface area contributed by atoms with Crippen LogP contribution in [0.15, 0.2) is 59.1 Å². The Morgan fingerprint density at radius 1 is 0.885 bits per heavy atom. The Labute approximate surface area is 152 Å². The van der Waals surface area contributed by atoms with Gasteiger partial charge in [0.1, 0.15) is 0 Å². The lowest BCUT2D eigenvalue weighted by molar-refractivity contribution is -0.165. The first kappa shape index (κ1) is 20.0. The van der Waals surface area contributed by atoms with E-state index in [2.05, 4.69) is 21.2 Å². The number of allylic oxidation sites excluding steroid dienone is 1. The van der Waals surface area contributed by atoms with Crippen molar-refractivity contribution in [2.75, 3.05) is 5.32 Å². The SMILES string of the molecule is O=C(/C=C(\Nc1ccc(Br)cc1)c1ccc(C(F)(F)F)cc1)C(F)(F)F. The van der Waals surface area contributed by atoms with Gasteiger partial charge >= 0.3 is 12.4 Å². The molecule has 2 aromatic rings. The first-order valence-corrected chi connectivity index (χ1v) is 7.79. The lowest BCUT2D eigenvalue weighted by Crippen LogP contribution is -2.21. The lowest BCUT2D eigenvalue weighted by atomic mass is 10.1. The Morgan fingerprint density at radius 3 is 1.88 bits per heavy atom. The van der Waals surface area contributed by atoms with E-state index in [0.717, 1.165) is 28.7 Å². The Morgan fingerprint density at radius 2 is 1.42 bits per heavy atom. The molecular formula is C17H10BrF6NO. The molecule has 2 rings (SSSR count). The summed E-state index contributed by atoms with van der Waals surface area (Å²) >= 11 is 3.20. The van der Waals surface area contributed by atoms with E-state index in [0.29, 0.717) is 11.8 Å². The number of rotatable bonds is 4. The summed E-state index contributed by atoms with van der Waals surface area (Å²) < 4.78 is 76.3. The molecule has 2 nitrogen and oxygen atoms in total. The summed E-state index contributed by atoms with van der Waals surface area (Å²) in [6, 6.07) is 9.71. The fraction of sp³-hybridized carbons (Fsp3) is 0.118. The number of halogens is 7. The summed E-state index contributed by atoms with van der Waals surface area (Å²) in [7, 11) is 0. The highest BCUT2D eigenvalue weighted by molar-refractivity contribution is 9.10. The van der Waals surface area contributed by atoms with Crippen LogP contribution in [0.4, 0.5) is 32.0 Å². The van der Waals surface area contributed by atoms with E-state index in [1.54, 1.807) is 12.1 Å². The quantitative estimate of drug-likeness (QED) is 0.465. The first-order valence-electron chi connectivity index (χ1n) is 7.00. The maximum atomic E-state index is 12.6. The van der Waals surface area contributed by atoms with E-state index in [1.807, 2.05) is 0 Å². The van der Waals surface area contributed by atoms with Gasteiger partial charge in [-0.3, -0.25) is 4.79 Å². The number of carbonyl (C=O) groups excluding carboxylic acids is 1. The molecule has 0 atom stereocenters. The van der Waals surface area contributed by atoms with Crippen molar-refractivity contribution in [1.29, 1.82) is 0 Å². The lowest BCUT2D eigenvalue weighted by Gasteiger charge is -2.14. The zero-order chi connectivity index (χ0) is 19.5. The minimum atomic E-state index is -5.10. The predicted octanol–water partition coefficient (Wildman–Crippen LogP) is 6.05. The molecular weight excluding hydrogens is 428 g/mol. The second kappa shape index (κ2) is 7.53. The third kappa shape index (κ3) is 5.35. The molecule has 1 N–H and O–H groups in total. The van der Waals surface area contributed by atoms with Crippen LogP contribution in [0.5, 0.6) is 0 Å². The van der Waals surface area contributed by atoms with E-state index in [1.165, 1.54) is 12.1 Å². The molecule has 0 aliphatic heterocycles. The van der Waals surface area contributed by atoms with Crippen molar-refractivity contribution in [3.05, 3.63) is 70.2 Å². The molecule has 0 spiro atoms. The van der Waals surface area contributed by atoms with Crippen LogP contribution in [0.25, 0.3) is 5.70 Å². The second-order valence-corrected chi connectivity index (χ2v) is 6.04. The summed E-state index contributed by atoms with van der Waals surface area (Å²) in [6.45, 7) is 0. The van der Waals surface area contributed by atoms with Gasteiger partial charge in [0.05, 0.1) is 5.56 Å². The topological polar surface area (TPSA) is 29.1 Å². The van der Waals surface area contributed by atoms with Gasteiger partial charge in [-0.1, -0.05) is 28.1 Å². The zero-order valence-electron chi connectivity index (χ0n) is 12.8. The molecule has 0 aliphatic carbocycles. The molecule has 2 aromatic carbocycles. The summed E-state index contributed by atoms with van der Waals surface area (Å²) in [5.74, 6) is -2.13. The highest BCUT2D eigenvalue weighted by Gasteiger charge is 2.37. The maximum Gasteiger partial charge on any atom is 0.454 e. The van der Waals surface area contributed by atoms with Crippen LogP contribution in [-0.4, -0.2) is 12.0 Å². The second-order valence-electron chi connectivity index (χ2n) is 5.13. The Bertz CT molecular complexity index is 807. The Hall–Kier alpha value is -2.29. The van der Waals surface area contributed by atoms with Crippen molar-refractivity contribution in [1.82, 2.24) is 0 Å². The van der Waals surface area contributed by atoms with E-state index in [4.69, 9.17) is 0 Å². The number of hydrogen-bond donors (Lipinski definition) is 1. The third-order valence-corrected chi connectivity index (χ3v) is 3.73. The molecule has 0 unspecified atom stereocenters. The van der Waals surface area contributed by atoms with Crippen molar-refractivity contribution >= 4 is 33.1 Å². The number of benzene rings is 2. The number of hydrogen-bond acceptors (Lipinski definition) is 2. The first-order chi connectivity index (χ1) is 12.0. The highest BCUT2D eigenvalue weighted by Crippen LogP contribution is 2.31. The van der Waals surface area contributed by atoms with E-state index in [9.17, 15) is 31.1 Å². The number of nitrogens with one attached hydrogen (secondary N) is 1. The molecule has 0 aromatic heterocycles. The van der Waals surface area contributed by atoms with Gasteiger partial charge in [-0.15, -0.1) is 0 Å². The molecule has 0 amide bonds. The average Bonchev–Trinajstić information content (AvgIpc) is 2.54. The van der Waals surface area contributed by atoms with Gasteiger partial charge in [0.15, 0.2) is 0 Å². The molecule has 0 bridgehead atoms. The van der Waals surface area contributed by atoms with Gasteiger partial charge in [0, 0.05) is 21.9 Å². The molecule has 0 aliphatic rings. The van der Waals surface area contributed by atoms with Crippen molar-refractivity contribution in [2.24, 2.45) is 0 Å². The summed E-state index contributed by atoms with van der Waals surface area (Å²) in [6.07, 6.45) is -9.37. The monoisotopic (exact) mass is 437 g/mol. The minimum Gasteiger partial charge on any atom is -0.355 e. The molecule has 0 heterocycles. The molecule has 0 fully saturated rings. The standard InChI is InChI=1S/C17H10BrF6NO/c18-12-5-7-13(8-6-12)25-14(9-15(26)17(22,23)24)10-1-3-11(4-2-10)16(19,20)21/h1-9,25H/b14-9-. The van der Waals surface area contributed by atoms with Crippen LogP contribution < -0.4 is 5.32 Å². The molecule has 0 saturated heterocycles. The minimum absolute atomic E-state index is 0.00137. The number of carbonyl (C=O) groups is 1. The van der Waals surface area contributed by atoms with Gasteiger partial charge in [0.25, 0.3) is 5.78 Å². The maximum absolute atomic E-state index is 12.6. The fourth-order valence-electron chi connectivity index (χ4n) is 1.93. The van der Waals surface area contributed by atoms with Gasteiger partial charge in [-0.25, -0.2) is 0 Å². The summed E-state index contributed by atoms with van der Waals surface area (Å²) in [4.78, 5) is 11.3. The van der Waals surface area contributed by atoms with E-state index < -0.39 is 23.7 Å². The van der Waals surface area contributed by atoms with Crippen molar-refractivity contribution in [3.8, 4) is 0 Å². The van der Waals surface area contributed by atoms with Crippen LogP contribution in [0.2, 0.25) is 0 Å². The molecule has 9 heteroatoms. The van der Waals surface area contributed by atoms with Gasteiger partial charge in [-0.05, 0) is 42.0 Å². The molecule has 0 saturated carbocycles. The normalized spacial score (nSPS) is 12.8. The van der Waals surface area contributed by atoms with Crippen LogP contribution >= 0.6 is 15.9 Å². The van der Waals surface area contributed by atoms with Gasteiger partial charge < -0.3 is 5.32 Å². The van der Waals surface area contributed by atoms with Crippen molar-refractivity contribution in [3.63, 3.8) is 0 Å². The van der Waals surface area contributed by atoms with Crippen molar-refractivity contribution in [2.45, 2.75) is 12.4 Å². The van der Waals surface area contributed by atoms with Crippen LogP contribution in [0.3, 0.4) is 0 Å². The average molecular weight is 438 g/mol. The molecule has 0 radical (unpaired) electrons. The zero-order valence-corrected chi connectivity index (χ0v) is 14.3. The predicted molar refractivity (Wildman–Crippen MR) is 88.2 cm³/mol. The Kier molecular flexibility index (Phi) is 5.80. The van der Waals surface area contributed by atoms with Gasteiger partial charge in [-0.2, -0.15) is 26.3 Å². The number of ketones is 1. The fourth-order valence-corrected chi connectivity index (χ4v) is 2.20. The Balaban J connectivity index is 2.41. The largest absolute Gasteiger partial charge is 0.454 e. The molecule has 138 valence electrons. The smallest absolute Gasteiger partial charge is 0.355 e. The summed E-state index contributed by atoms with van der Waals surface area (Å²) in [5.41, 5.74) is -0.873. The highest BCUT2D eigenvalue weighted by atomic mass is 79.9.